The molecule has 0 saturated carbocycles. The first-order valence-corrected chi connectivity index (χ1v) is 6.20. The number of aromatic nitrogens is 2. The lowest BCUT2D eigenvalue weighted by Crippen LogP contribution is -2.30. The molecule has 2 aromatic heterocycles. The number of hydrogen-bond donors (Lipinski definition) is 2. The number of halogens is 1. The van der Waals surface area contributed by atoms with Crippen molar-refractivity contribution in [3.8, 4) is 0 Å². The second kappa shape index (κ2) is 4.70. The van der Waals surface area contributed by atoms with E-state index in [1.165, 1.54) is 0 Å². The first-order chi connectivity index (χ1) is 9.19. The maximum absolute atomic E-state index is 5.97. The molecule has 1 unspecified atom stereocenters. The van der Waals surface area contributed by atoms with E-state index in [1.807, 2.05) is 31.3 Å². The van der Waals surface area contributed by atoms with Crippen molar-refractivity contribution < 1.29 is 4.42 Å². The molecule has 19 heavy (non-hydrogen) atoms. The Morgan fingerprint density at radius 1 is 1.37 bits per heavy atom. The number of hydrogen-bond acceptors (Lipinski definition) is 4. The van der Waals surface area contributed by atoms with E-state index in [9.17, 15) is 0 Å². The standard InChI is InChI=1S/C13H13ClN4O/c1-18-10(4-5-16-18)13(17-15)12-7-8-6-9(14)2-3-11(8)19-12/h2-7,13,17H,15H2,1H3. The van der Waals surface area contributed by atoms with Gasteiger partial charge >= 0.3 is 0 Å². The number of fused-ring (bicyclic) bond motifs is 1. The third-order valence-electron chi connectivity index (χ3n) is 3.10. The van der Waals surface area contributed by atoms with Crippen LogP contribution in [0.25, 0.3) is 11.0 Å². The summed E-state index contributed by atoms with van der Waals surface area (Å²) in [5.41, 5.74) is 4.45. The Labute approximate surface area is 114 Å². The second-order valence-corrected chi connectivity index (χ2v) is 4.75. The van der Waals surface area contributed by atoms with Crippen LogP contribution in [0.15, 0.2) is 40.9 Å². The van der Waals surface area contributed by atoms with E-state index in [0.29, 0.717) is 5.02 Å². The second-order valence-electron chi connectivity index (χ2n) is 4.31. The quantitative estimate of drug-likeness (QED) is 0.569. The zero-order valence-electron chi connectivity index (χ0n) is 10.3. The topological polar surface area (TPSA) is 69.0 Å². The Bertz CT molecular complexity index is 718. The lowest BCUT2D eigenvalue weighted by atomic mass is 10.1. The van der Waals surface area contributed by atoms with Crippen LogP contribution in [-0.2, 0) is 7.05 Å². The van der Waals surface area contributed by atoms with Gasteiger partial charge in [0.2, 0.25) is 0 Å². The van der Waals surface area contributed by atoms with Gasteiger partial charge in [0, 0.05) is 23.7 Å². The predicted molar refractivity (Wildman–Crippen MR) is 73.6 cm³/mol. The average molecular weight is 277 g/mol. The van der Waals surface area contributed by atoms with Crippen LogP contribution in [-0.4, -0.2) is 9.78 Å². The van der Waals surface area contributed by atoms with E-state index < -0.39 is 0 Å². The Morgan fingerprint density at radius 3 is 2.89 bits per heavy atom. The summed E-state index contributed by atoms with van der Waals surface area (Å²) in [6.45, 7) is 0. The van der Waals surface area contributed by atoms with Crippen LogP contribution in [0.3, 0.4) is 0 Å². The summed E-state index contributed by atoms with van der Waals surface area (Å²) < 4.78 is 7.57. The highest BCUT2D eigenvalue weighted by atomic mass is 35.5. The number of benzene rings is 1. The molecule has 0 bridgehead atoms. The number of nitrogens with two attached hydrogens (primary N) is 1. The molecule has 3 rings (SSSR count). The number of furan rings is 1. The van der Waals surface area contributed by atoms with Gasteiger partial charge in [-0.3, -0.25) is 10.5 Å². The Balaban J connectivity index is 2.09. The highest BCUT2D eigenvalue weighted by molar-refractivity contribution is 6.31. The summed E-state index contributed by atoms with van der Waals surface area (Å²) in [6.07, 6.45) is 1.72. The zero-order valence-corrected chi connectivity index (χ0v) is 11.1. The third-order valence-corrected chi connectivity index (χ3v) is 3.34. The maximum atomic E-state index is 5.97. The van der Waals surface area contributed by atoms with Gasteiger partial charge in [-0.05, 0) is 30.3 Å². The molecular weight excluding hydrogens is 264 g/mol. The molecule has 0 aliphatic rings. The minimum atomic E-state index is -0.251. The molecule has 98 valence electrons. The molecule has 0 saturated heterocycles. The van der Waals surface area contributed by atoms with E-state index in [2.05, 4.69) is 10.5 Å². The summed E-state index contributed by atoms with van der Waals surface area (Å²) in [5, 5.41) is 5.76. The molecule has 6 heteroatoms. The van der Waals surface area contributed by atoms with Gasteiger partial charge in [0.15, 0.2) is 0 Å². The normalized spacial score (nSPS) is 13.0. The molecule has 0 aliphatic heterocycles. The van der Waals surface area contributed by atoms with Gasteiger partial charge in [-0.2, -0.15) is 5.10 Å². The molecule has 2 heterocycles. The first kappa shape index (κ1) is 12.2. The Kier molecular flexibility index (Phi) is 3.02. The van der Waals surface area contributed by atoms with E-state index in [-0.39, 0.29) is 6.04 Å². The number of nitrogens with one attached hydrogen (secondary N) is 1. The molecule has 3 N–H and O–H groups in total. The van der Waals surface area contributed by atoms with Crippen LogP contribution < -0.4 is 11.3 Å². The number of nitrogens with zero attached hydrogens (tertiary/aromatic N) is 2. The van der Waals surface area contributed by atoms with E-state index in [4.69, 9.17) is 21.9 Å². The molecule has 1 atom stereocenters. The molecular formula is C13H13ClN4O. The third kappa shape index (κ3) is 2.12. The molecule has 5 nitrogen and oxygen atoms in total. The van der Waals surface area contributed by atoms with Crippen molar-refractivity contribution in [2.75, 3.05) is 0 Å². The number of hydrazine groups is 1. The van der Waals surface area contributed by atoms with Crippen molar-refractivity contribution in [2.24, 2.45) is 12.9 Å². The SMILES string of the molecule is Cn1nccc1C(NN)c1cc2cc(Cl)ccc2o1. The van der Waals surface area contributed by atoms with Gasteiger partial charge in [0.25, 0.3) is 0 Å². The predicted octanol–water partition coefficient (Wildman–Crippen LogP) is 2.37. The fourth-order valence-corrected chi connectivity index (χ4v) is 2.34. The fraction of sp³-hybridized carbons (Fsp3) is 0.154. The fourth-order valence-electron chi connectivity index (χ4n) is 2.16. The van der Waals surface area contributed by atoms with Gasteiger partial charge < -0.3 is 4.42 Å². The maximum Gasteiger partial charge on any atom is 0.134 e. The van der Waals surface area contributed by atoms with Crippen molar-refractivity contribution in [2.45, 2.75) is 6.04 Å². The van der Waals surface area contributed by atoms with Crippen LogP contribution in [0.2, 0.25) is 5.02 Å². The Hall–Kier alpha value is -1.82. The highest BCUT2D eigenvalue weighted by Gasteiger charge is 2.20. The molecule has 0 aliphatic carbocycles. The Morgan fingerprint density at radius 2 is 2.21 bits per heavy atom. The summed E-state index contributed by atoms with van der Waals surface area (Å²) in [4.78, 5) is 0. The van der Waals surface area contributed by atoms with Gasteiger partial charge in [0.1, 0.15) is 17.4 Å². The molecule has 0 spiro atoms. The van der Waals surface area contributed by atoms with Crippen molar-refractivity contribution in [3.05, 3.63) is 53.0 Å². The largest absolute Gasteiger partial charge is 0.459 e. The van der Waals surface area contributed by atoms with E-state index in [1.54, 1.807) is 16.9 Å². The highest BCUT2D eigenvalue weighted by Crippen LogP contribution is 2.29. The van der Waals surface area contributed by atoms with Crippen LogP contribution in [0.5, 0.6) is 0 Å². The molecule has 1 aromatic carbocycles. The number of rotatable bonds is 3. The van der Waals surface area contributed by atoms with Crippen molar-refractivity contribution >= 4 is 22.6 Å². The molecule has 3 aromatic rings. The van der Waals surface area contributed by atoms with Crippen LogP contribution in [0.1, 0.15) is 17.5 Å². The van der Waals surface area contributed by atoms with Crippen LogP contribution in [0.4, 0.5) is 0 Å². The summed E-state index contributed by atoms with van der Waals surface area (Å²) in [5.74, 6) is 6.36. The van der Waals surface area contributed by atoms with Crippen LogP contribution >= 0.6 is 11.6 Å². The van der Waals surface area contributed by atoms with Crippen molar-refractivity contribution in [1.29, 1.82) is 0 Å². The van der Waals surface area contributed by atoms with Gasteiger partial charge in [-0.15, -0.1) is 0 Å². The average Bonchev–Trinajstić information content (AvgIpc) is 2.97. The summed E-state index contributed by atoms with van der Waals surface area (Å²) in [6, 6.07) is 9.08. The summed E-state index contributed by atoms with van der Waals surface area (Å²) in [7, 11) is 1.86. The van der Waals surface area contributed by atoms with Gasteiger partial charge in [-0.25, -0.2) is 5.43 Å². The molecule has 0 amide bonds. The summed E-state index contributed by atoms with van der Waals surface area (Å²) >= 11 is 5.97. The number of aryl methyl sites for hydroxylation is 1. The first-order valence-electron chi connectivity index (χ1n) is 5.82. The molecule has 0 radical (unpaired) electrons. The minimum absolute atomic E-state index is 0.251. The smallest absolute Gasteiger partial charge is 0.134 e. The van der Waals surface area contributed by atoms with Crippen molar-refractivity contribution in [3.63, 3.8) is 0 Å². The van der Waals surface area contributed by atoms with Gasteiger partial charge in [-0.1, -0.05) is 11.6 Å². The van der Waals surface area contributed by atoms with Crippen LogP contribution in [0, 0.1) is 0 Å². The van der Waals surface area contributed by atoms with Gasteiger partial charge in [0.05, 0.1) is 5.69 Å². The molecule has 0 fully saturated rings. The van der Waals surface area contributed by atoms with E-state index >= 15 is 0 Å². The monoisotopic (exact) mass is 276 g/mol. The lowest BCUT2D eigenvalue weighted by molar-refractivity contribution is 0.459. The zero-order chi connectivity index (χ0) is 13.4. The van der Waals surface area contributed by atoms with Crippen molar-refractivity contribution in [1.82, 2.24) is 15.2 Å². The van der Waals surface area contributed by atoms with E-state index in [0.717, 1.165) is 22.4 Å². The minimum Gasteiger partial charge on any atom is -0.459 e. The lowest BCUT2D eigenvalue weighted by Gasteiger charge is -2.13.